The highest BCUT2D eigenvalue weighted by Gasteiger charge is 2.12. The smallest absolute Gasteiger partial charge is 0.270 e. The summed E-state index contributed by atoms with van der Waals surface area (Å²) in [4.78, 5) is 29.0. The van der Waals surface area contributed by atoms with E-state index in [1.54, 1.807) is 12.3 Å². The first kappa shape index (κ1) is 20.4. The molecule has 0 radical (unpaired) electrons. The van der Waals surface area contributed by atoms with Gasteiger partial charge >= 0.3 is 0 Å². The van der Waals surface area contributed by atoms with E-state index in [2.05, 4.69) is 41.9 Å². The quantitative estimate of drug-likeness (QED) is 0.356. The monoisotopic (exact) mass is 505 g/mol. The standard InChI is InChI=1S/C20H17Br2N3O3/c1-13-6-14(8-21)2-5-18(13)19(26)11-25-20(27)7-17(10-24-25)28-12-16-4-3-15(22)9-23-16/h2-7,9-10H,8,11-12H2,1H3. The number of aromatic nitrogens is 3. The molecule has 0 aliphatic carbocycles. The second kappa shape index (κ2) is 9.25. The Morgan fingerprint density at radius 1 is 1.18 bits per heavy atom. The van der Waals surface area contributed by atoms with Crippen molar-refractivity contribution in [2.45, 2.75) is 25.4 Å². The molecule has 0 aliphatic rings. The number of carbonyl (C=O) groups is 1. The van der Waals surface area contributed by atoms with Gasteiger partial charge in [0.05, 0.1) is 11.9 Å². The number of benzene rings is 1. The summed E-state index contributed by atoms with van der Waals surface area (Å²) in [5, 5.41) is 4.78. The summed E-state index contributed by atoms with van der Waals surface area (Å²) < 4.78 is 7.57. The van der Waals surface area contributed by atoms with E-state index in [1.807, 2.05) is 31.2 Å². The molecule has 0 aliphatic heterocycles. The number of pyridine rings is 1. The molecule has 0 bridgehead atoms. The highest BCUT2D eigenvalue weighted by molar-refractivity contribution is 9.10. The number of hydrogen-bond donors (Lipinski definition) is 0. The van der Waals surface area contributed by atoms with Gasteiger partial charge in [0.2, 0.25) is 0 Å². The molecule has 144 valence electrons. The maximum Gasteiger partial charge on any atom is 0.270 e. The summed E-state index contributed by atoms with van der Waals surface area (Å²) >= 11 is 6.72. The number of alkyl halides is 1. The van der Waals surface area contributed by atoms with Gasteiger partial charge in [0.25, 0.3) is 5.56 Å². The van der Waals surface area contributed by atoms with Crippen LogP contribution in [0, 0.1) is 6.92 Å². The van der Waals surface area contributed by atoms with Crippen molar-refractivity contribution in [1.29, 1.82) is 0 Å². The zero-order chi connectivity index (χ0) is 20.1. The van der Waals surface area contributed by atoms with E-state index in [0.717, 1.165) is 31.3 Å². The fourth-order valence-corrected chi connectivity index (χ4v) is 3.19. The molecule has 2 aromatic heterocycles. The van der Waals surface area contributed by atoms with Gasteiger partial charge in [0.15, 0.2) is 5.78 Å². The lowest BCUT2D eigenvalue weighted by atomic mass is 10.0. The van der Waals surface area contributed by atoms with Crippen molar-refractivity contribution in [3.8, 4) is 5.75 Å². The second-order valence-corrected chi connectivity index (χ2v) is 7.63. The number of ether oxygens (including phenoxy) is 1. The number of rotatable bonds is 7. The fourth-order valence-electron chi connectivity index (χ4n) is 2.61. The SMILES string of the molecule is Cc1cc(CBr)ccc1C(=O)Cn1ncc(OCc2ccc(Br)cn2)cc1=O. The Balaban J connectivity index is 1.67. The van der Waals surface area contributed by atoms with Gasteiger partial charge in [-0.15, -0.1) is 0 Å². The molecule has 0 saturated carbocycles. The van der Waals surface area contributed by atoms with Crippen LogP contribution in [-0.2, 0) is 18.5 Å². The summed E-state index contributed by atoms with van der Waals surface area (Å²) in [6.45, 7) is 1.97. The third-order valence-corrected chi connectivity index (χ3v) is 5.18. The van der Waals surface area contributed by atoms with E-state index in [1.165, 1.54) is 12.3 Å². The molecule has 6 nitrogen and oxygen atoms in total. The minimum Gasteiger partial charge on any atom is -0.485 e. The van der Waals surface area contributed by atoms with Crippen LogP contribution >= 0.6 is 31.9 Å². The third kappa shape index (κ3) is 5.14. The van der Waals surface area contributed by atoms with Gasteiger partial charge in [-0.1, -0.05) is 34.1 Å². The number of halogens is 2. The molecule has 0 unspecified atom stereocenters. The van der Waals surface area contributed by atoms with E-state index in [-0.39, 0.29) is 18.9 Å². The topological polar surface area (TPSA) is 74.1 Å². The Hall–Kier alpha value is -2.32. The minimum atomic E-state index is -0.399. The average molecular weight is 507 g/mol. The van der Waals surface area contributed by atoms with Gasteiger partial charge in [-0.3, -0.25) is 14.6 Å². The van der Waals surface area contributed by atoms with Crippen molar-refractivity contribution in [2.24, 2.45) is 0 Å². The van der Waals surface area contributed by atoms with Crippen LogP contribution in [0.25, 0.3) is 0 Å². The maximum atomic E-state index is 12.6. The Kier molecular flexibility index (Phi) is 6.74. The molecule has 1 aromatic carbocycles. The minimum absolute atomic E-state index is 0.123. The van der Waals surface area contributed by atoms with Crippen LogP contribution in [0.5, 0.6) is 5.75 Å². The third-order valence-electron chi connectivity index (χ3n) is 4.06. The van der Waals surface area contributed by atoms with E-state index in [9.17, 15) is 9.59 Å². The van der Waals surface area contributed by atoms with Crippen LogP contribution in [0.3, 0.4) is 0 Å². The van der Waals surface area contributed by atoms with E-state index in [0.29, 0.717) is 11.3 Å². The predicted molar refractivity (Wildman–Crippen MR) is 113 cm³/mol. The number of ketones is 1. The van der Waals surface area contributed by atoms with Crippen LogP contribution < -0.4 is 10.3 Å². The number of hydrogen-bond acceptors (Lipinski definition) is 5. The van der Waals surface area contributed by atoms with Gasteiger partial charge in [-0.05, 0) is 46.1 Å². The van der Waals surface area contributed by atoms with Gasteiger partial charge < -0.3 is 4.74 Å². The normalized spacial score (nSPS) is 10.7. The molecular weight excluding hydrogens is 490 g/mol. The summed E-state index contributed by atoms with van der Waals surface area (Å²) in [5.41, 5.74) is 2.87. The summed E-state index contributed by atoms with van der Waals surface area (Å²) in [5.74, 6) is 0.164. The van der Waals surface area contributed by atoms with Crippen LogP contribution in [0.4, 0.5) is 0 Å². The lowest BCUT2D eigenvalue weighted by Gasteiger charge is -2.09. The number of carbonyl (C=O) groups excluding carboxylic acids is 1. The first-order valence-electron chi connectivity index (χ1n) is 8.45. The van der Waals surface area contributed by atoms with Crippen molar-refractivity contribution in [2.75, 3.05) is 0 Å². The maximum absolute atomic E-state index is 12.6. The van der Waals surface area contributed by atoms with Crippen molar-refractivity contribution in [3.63, 3.8) is 0 Å². The van der Waals surface area contributed by atoms with Crippen molar-refractivity contribution >= 4 is 37.6 Å². The zero-order valence-corrected chi connectivity index (χ0v) is 18.2. The van der Waals surface area contributed by atoms with E-state index < -0.39 is 5.56 Å². The Bertz CT molecular complexity index is 1050. The second-order valence-electron chi connectivity index (χ2n) is 6.15. The molecule has 8 heteroatoms. The molecule has 3 rings (SSSR count). The largest absolute Gasteiger partial charge is 0.485 e. The molecule has 0 amide bonds. The zero-order valence-electron chi connectivity index (χ0n) is 15.1. The van der Waals surface area contributed by atoms with Gasteiger partial charge in [0, 0.05) is 27.6 Å². The lowest BCUT2D eigenvalue weighted by Crippen LogP contribution is -2.26. The first-order valence-corrected chi connectivity index (χ1v) is 10.4. The highest BCUT2D eigenvalue weighted by atomic mass is 79.9. The van der Waals surface area contributed by atoms with E-state index in [4.69, 9.17) is 4.74 Å². The Labute approximate surface area is 178 Å². The number of Topliss-reactive ketones (excluding diaryl/α,β-unsaturated/α-hetero) is 1. The molecule has 0 fully saturated rings. The Morgan fingerprint density at radius 2 is 2.00 bits per heavy atom. The van der Waals surface area contributed by atoms with Gasteiger partial charge in [-0.25, -0.2) is 4.68 Å². The predicted octanol–water partition coefficient (Wildman–Crippen LogP) is 4.07. The molecule has 3 aromatic rings. The average Bonchev–Trinajstić information content (AvgIpc) is 2.69. The van der Waals surface area contributed by atoms with Crippen molar-refractivity contribution in [1.82, 2.24) is 14.8 Å². The van der Waals surface area contributed by atoms with Crippen LogP contribution in [0.2, 0.25) is 0 Å². The summed E-state index contributed by atoms with van der Waals surface area (Å²) in [6.07, 6.45) is 3.10. The van der Waals surface area contributed by atoms with Crippen LogP contribution in [-0.4, -0.2) is 20.5 Å². The molecule has 0 saturated heterocycles. The molecule has 0 atom stereocenters. The molecule has 0 spiro atoms. The molecule has 0 N–H and O–H groups in total. The van der Waals surface area contributed by atoms with Crippen LogP contribution in [0.15, 0.2) is 58.1 Å². The summed E-state index contributed by atoms with van der Waals surface area (Å²) in [7, 11) is 0. The number of aryl methyl sites for hydroxylation is 1. The van der Waals surface area contributed by atoms with Gasteiger partial charge in [-0.2, -0.15) is 5.10 Å². The number of nitrogens with zero attached hydrogens (tertiary/aromatic N) is 3. The Morgan fingerprint density at radius 3 is 2.64 bits per heavy atom. The lowest BCUT2D eigenvalue weighted by molar-refractivity contribution is 0.0964. The van der Waals surface area contributed by atoms with E-state index >= 15 is 0 Å². The van der Waals surface area contributed by atoms with Gasteiger partial charge in [0.1, 0.15) is 18.9 Å². The molecular formula is C20H17Br2N3O3. The summed E-state index contributed by atoms with van der Waals surface area (Å²) in [6, 6.07) is 10.6. The first-order chi connectivity index (χ1) is 13.5. The fraction of sp³-hybridized carbons (Fsp3) is 0.200. The molecule has 2 heterocycles. The van der Waals surface area contributed by atoms with Crippen molar-refractivity contribution in [3.05, 3.63) is 86.0 Å². The van der Waals surface area contributed by atoms with Crippen LogP contribution in [0.1, 0.15) is 27.2 Å². The van der Waals surface area contributed by atoms with Crippen molar-refractivity contribution < 1.29 is 9.53 Å². The highest BCUT2D eigenvalue weighted by Crippen LogP contribution is 2.15. The molecule has 28 heavy (non-hydrogen) atoms.